The summed E-state index contributed by atoms with van der Waals surface area (Å²) >= 11 is 0. The summed E-state index contributed by atoms with van der Waals surface area (Å²) < 4.78 is 9.52. The number of aryl methyl sites for hydroxylation is 1. The van der Waals surface area contributed by atoms with Gasteiger partial charge in [0.25, 0.3) is 0 Å². The third-order valence-electron chi connectivity index (χ3n) is 8.59. The zero-order valence-corrected chi connectivity index (χ0v) is 20.9. The molecule has 1 atom stereocenters. The molecule has 2 aromatic heterocycles. The number of hydrogen-bond acceptors (Lipinski definition) is 5. The summed E-state index contributed by atoms with van der Waals surface area (Å²) in [5, 5.41) is 14.0. The summed E-state index contributed by atoms with van der Waals surface area (Å²) in [7, 11) is 1.42. The number of anilines is 1. The SMILES string of the molecule is COC(=O)N1c2ccc3c(nc(C4(Cn5cccn5)CC4)n3C3CCC(C(=O)O)CC3)c2CC[C@@H]1C. The molecule has 2 saturated carbocycles. The fourth-order valence-corrected chi connectivity index (χ4v) is 6.41. The summed E-state index contributed by atoms with van der Waals surface area (Å²) in [6, 6.07) is 6.37. The number of amides is 1. The van der Waals surface area contributed by atoms with Crippen LogP contribution in [0, 0.1) is 5.92 Å². The molecular weight excluding hydrogens is 458 g/mol. The lowest BCUT2D eigenvalue weighted by Crippen LogP contribution is -2.42. The van der Waals surface area contributed by atoms with Gasteiger partial charge in [0.2, 0.25) is 0 Å². The van der Waals surface area contributed by atoms with Crippen LogP contribution in [0.1, 0.15) is 69.3 Å². The first kappa shape index (κ1) is 23.1. The summed E-state index contributed by atoms with van der Waals surface area (Å²) in [5.74, 6) is 0.136. The molecule has 0 unspecified atom stereocenters. The minimum absolute atomic E-state index is 0.0600. The van der Waals surface area contributed by atoms with Crippen molar-refractivity contribution in [1.82, 2.24) is 19.3 Å². The minimum Gasteiger partial charge on any atom is -0.481 e. The Kier molecular flexibility index (Phi) is 5.53. The van der Waals surface area contributed by atoms with Crippen molar-refractivity contribution < 1.29 is 19.4 Å². The lowest BCUT2D eigenvalue weighted by Gasteiger charge is -2.34. The van der Waals surface area contributed by atoms with Crippen LogP contribution in [0.15, 0.2) is 30.6 Å². The number of rotatable bonds is 5. The van der Waals surface area contributed by atoms with Gasteiger partial charge in [-0.05, 0) is 76.5 Å². The molecule has 6 rings (SSSR count). The molecule has 1 N–H and O–H groups in total. The first-order chi connectivity index (χ1) is 17.4. The second-order valence-electron chi connectivity index (χ2n) is 10.8. The molecule has 3 aliphatic rings. The van der Waals surface area contributed by atoms with Gasteiger partial charge in [-0.15, -0.1) is 0 Å². The van der Waals surface area contributed by atoms with Gasteiger partial charge >= 0.3 is 12.1 Å². The van der Waals surface area contributed by atoms with Gasteiger partial charge in [-0.2, -0.15) is 5.10 Å². The van der Waals surface area contributed by atoms with Gasteiger partial charge in [0, 0.05) is 35.5 Å². The van der Waals surface area contributed by atoms with Crippen molar-refractivity contribution >= 4 is 28.8 Å². The van der Waals surface area contributed by atoms with Crippen LogP contribution < -0.4 is 4.90 Å². The highest BCUT2D eigenvalue weighted by Gasteiger charge is 2.50. The van der Waals surface area contributed by atoms with E-state index >= 15 is 0 Å². The number of benzene rings is 1. The number of fused-ring (bicyclic) bond motifs is 3. The molecule has 36 heavy (non-hydrogen) atoms. The van der Waals surface area contributed by atoms with Gasteiger partial charge in [-0.25, -0.2) is 9.78 Å². The molecule has 0 radical (unpaired) electrons. The topological polar surface area (TPSA) is 102 Å². The highest BCUT2D eigenvalue weighted by molar-refractivity contribution is 5.95. The minimum atomic E-state index is -0.687. The average molecular weight is 492 g/mol. The molecule has 1 aliphatic heterocycles. The summed E-state index contributed by atoms with van der Waals surface area (Å²) in [5.41, 5.74) is 3.97. The number of carbonyl (C=O) groups excluding carboxylic acids is 1. The standard InChI is InChI=1S/C27H33N5O4/c1-17-4-9-20-21(31(17)26(35)36-2)10-11-22-23(20)29-25(27(12-13-27)16-30-15-3-14-28-30)32(22)19-7-5-18(6-8-19)24(33)34/h3,10-11,14-15,17-19H,4-9,12-13,16H2,1-2H3,(H,33,34)/t17-,18?,19?/m0/s1. The molecule has 0 bridgehead atoms. The molecule has 2 fully saturated rings. The second kappa shape index (κ2) is 8.64. The van der Waals surface area contributed by atoms with E-state index in [9.17, 15) is 14.7 Å². The molecule has 0 saturated heterocycles. The Morgan fingerprint density at radius 1 is 1.17 bits per heavy atom. The Morgan fingerprint density at radius 3 is 2.58 bits per heavy atom. The number of carboxylic acids is 1. The van der Waals surface area contributed by atoms with E-state index in [0.717, 1.165) is 73.2 Å². The number of methoxy groups -OCH3 is 1. The molecule has 0 spiro atoms. The smallest absolute Gasteiger partial charge is 0.414 e. The monoisotopic (exact) mass is 491 g/mol. The first-order valence-corrected chi connectivity index (χ1v) is 13.0. The number of aliphatic carboxylic acids is 1. The fraction of sp³-hybridized carbons (Fsp3) is 0.556. The number of hydrogen-bond donors (Lipinski definition) is 1. The van der Waals surface area contributed by atoms with Crippen LogP contribution in [-0.4, -0.2) is 49.7 Å². The first-order valence-electron chi connectivity index (χ1n) is 13.0. The molecule has 9 heteroatoms. The van der Waals surface area contributed by atoms with Gasteiger partial charge in [-0.1, -0.05) is 0 Å². The Labute approximate surface area is 210 Å². The number of carboxylic acid groups (broad SMARTS) is 1. The van der Waals surface area contributed by atoms with Gasteiger partial charge < -0.3 is 14.4 Å². The maximum absolute atomic E-state index is 12.6. The van der Waals surface area contributed by atoms with E-state index in [1.165, 1.54) is 7.11 Å². The maximum Gasteiger partial charge on any atom is 0.414 e. The molecule has 3 heterocycles. The summed E-state index contributed by atoms with van der Waals surface area (Å²) in [6.45, 7) is 2.83. The predicted octanol–water partition coefficient (Wildman–Crippen LogP) is 4.69. The molecule has 1 aromatic carbocycles. The third-order valence-corrected chi connectivity index (χ3v) is 8.59. The van der Waals surface area contributed by atoms with Crippen molar-refractivity contribution in [2.24, 2.45) is 5.92 Å². The van der Waals surface area contributed by atoms with Gasteiger partial charge in [-0.3, -0.25) is 14.4 Å². The van der Waals surface area contributed by atoms with E-state index in [4.69, 9.17) is 9.72 Å². The molecular formula is C27H33N5O4. The molecule has 1 amide bonds. The van der Waals surface area contributed by atoms with Gasteiger partial charge in [0.05, 0.1) is 36.3 Å². The molecule has 190 valence electrons. The largest absolute Gasteiger partial charge is 0.481 e. The molecule has 3 aromatic rings. The van der Waals surface area contributed by atoms with E-state index in [1.807, 2.05) is 29.2 Å². The predicted molar refractivity (Wildman–Crippen MR) is 134 cm³/mol. The van der Waals surface area contributed by atoms with E-state index < -0.39 is 5.97 Å². The normalized spacial score (nSPS) is 24.9. The third kappa shape index (κ3) is 3.67. The quantitative estimate of drug-likeness (QED) is 0.556. The highest BCUT2D eigenvalue weighted by Crippen LogP contribution is 2.52. The van der Waals surface area contributed by atoms with Crippen LogP contribution in [0.25, 0.3) is 11.0 Å². The van der Waals surface area contributed by atoms with Crippen molar-refractivity contribution in [2.45, 2.75) is 82.3 Å². The summed E-state index contributed by atoms with van der Waals surface area (Å²) in [6.07, 6.45) is 10.3. The number of aromatic nitrogens is 4. The van der Waals surface area contributed by atoms with Crippen molar-refractivity contribution in [2.75, 3.05) is 12.0 Å². The Bertz CT molecular complexity index is 1300. The van der Waals surface area contributed by atoms with E-state index in [0.29, 0.717) is 12.8 Å². The maximum atomic E-state index is 12.6. The van der Waals surface area contributed by atoms with E-state index in [1.54, 1.807) is 4.90 Å². The highest BCUT2D eigenvalue weighted by atomic mass is 16.5. The van der Waals surface area contributed by atoms with Gasteiger partial charge in [0.15, 0.2) is 0 Å². The van der Waals surface area contributed by atoms with Crippen molar-refractivity contribution in [3.63, 3.8) is 0 Å². The van der Waals surface area contributed by atoms with Crippen LogP contribution in [0.3, 0.4) is 0 Å². The number of carbonyl (C=O) groups is 2. The van der Waals surface area contributed by atoms with Crippen LogP contribution in [0.2, 0.25) is 0 Å². The Balaban J connectivity index is 1.48. The zero-order chi connectivity index (χ0) is 25.0. The van der Waals surface area contributed by atoms with Crippen molar-refractivity contribution in [3.05, 3.63) is 42.0 Å². The fourth-order valence-electron chi connectivity index (χ4n) is 6.41. The van der Waals surface area contributed by atoms with Crippen LogP contribution in [0.4, 0.5) is 10.5 Å². The Hall–Kier alpha value is -3.36. The van der Waals surface area contributed by atoms with E-state index in [2.05, 4.69) is 22.7 Å². The van der Waals surface area contributed by atoms with Crippen LogP contribution in [-0.2, 0) is 27.9 Å². The number of nitrogens with zero attached hydrogens (tertiary/aromatic N) is 5. The summed E-state index contributed by atoms with van der Waals surface area (Å²) in [4.78, 5) is 31.3. The second-order valence-corrected chi connectivity index (χ2v) is 10.8. The van der Waals surface area contributed by atoms with Crippen LogP contribution in [0.5, 0.6) is 0 Å². The number of ether oxygens (including phenoxy) is 1. The lowest BCUT2D eigenvalue weighted by atomic mass is 9.85. The average Bonchev–Trinajstić information content (AvgIpc) is 3.28. The van der Waals surface area contributed by atoms with Gasteiger partial charge in [0.1, 0.15) is 5.82 Å². The lowest BCUT2D eigenvalue weighted by molar-refractivity contribution is -0.143. The van der Waals surface area contributed by atoms with E-state index in [-0.39, 0.29) is 29.5 Å². The molecule has 2 aliphatic carbocycles. The van der Waals surface area contributed by atoms with Crippen LogP contribution >= 0.6 is 0 Å². The molecule has 9 nitrogen and oxygen atoms in total. The Morgan fingerprint density at radius 2 is 1.94 bits per heavy atom. The zero-order valence-electron chi connectivity index (χ0n) is 20.9. The van der Waals surface area contributed by atoms with Crippen molar-refractivity contribution in [3.8, 4) is 0 Å². The van der Waals surface area contributed by atoms with Crippen molar-refractivity contribution in [1.29, 1.82) is 0 Å². The number of imidazole rings is 1.